The summed E-state index contributed by atoms with van der Waals surface area (Å²) in [5.41, 5.74) is 1.08. The van der Waals surface area contributed by atoms with Gasteiger partial charge in [0.1, 0.15) is 5.52 Å². The lowest BCUT2D eigenvalue weighted by molar-refractivity contribution is -0.144. The number of halogens is 1. The molecule has 20 heavy (non-hydrogen) atoms. The smallest absolute Gasteiger partial charge is 0.306 e. The van der Waals surface area contributed by atoms with E-state index in [9.17, 15) is 9.59 Å². The normalized spacial score (nSPS) is 10.5. The van der Waals surface area contributed by atoms with E-state index < -0.39 is 5.97 Å². The molecule has 1 N–H and O–H groups in total. The molecule has 0 radical (unpaired) electrons. The number of amides is 1. The fourth-order valence-corrected chi connectivity index (χ4v) is 1.75. The van der Waals surface area contributed by atoms with E-state index in [4.69, 9.17) is 20.8 Å². The second kappa shape index (κ2) is 6.38. The number of hydrogen-bond donors (Lipinski definition) is 1. The molecule has 1 aromatic heterocycles. The van der Waals surface area contributed by atoms with E-state index in [0.29, 0.717) is 22.7 Å². The second-order valence-corrected chi connectivity index (χ2v) is 4.42. The van der Waals surface area contributed by atoms with Gasteiger partial charge in [-0.05, 0) is 25.1 Å². The van der Waals surface area contributed by atoms with Crippen molar-refractivity contribution in [3.63, 3.8) is 0 Å². The maximum atomic E-state index is 11.6. The first-order valence-electron chi connectivity index (χ1n) is 6.10. The van der Waals surface area contributed by atoms with Gasteiger partial charge in [0.05, 0.1) is 13.0 Å². The number of fused-ring (bicyclic) bond motifs is 1. The first-order chi connectivity index (χ1) is 9.58. The minimum absolute atomic E-state index is 0.0122. The van der Waals surface area contributed by atoms with Gasteiger partial charge in [0.2, 0.25) is 5.91 Å². The van der Waals surface area contributed by atoms with Crippen LogP contribution in [0.15, 0.2) is 22.6 Å². The number of carbonyl (C=O) groups excluding carboxylic acids is 2. The Labute approximate surface area is 120 Å². The number of aromatic nitrogens is 1. The van der Waals surface area contributed by atoms with E-state index >= 15 is 0 Å². The van der Waals surface area contributed by atoms with E-state index in [0.717, 1.165) is 0 Å². The number of ether oxygens (including phenoxy) is 1. The van der Waals surface area contributed by atoms with Crippen LogP contribution in [-0.4, -0.2) is 23.5 Å². The molecule has 2 rings (SSSR count). The third kappa shape index (κ3) is 3.71. The van der Waals surface area contributed by atoms with Gasteiger partial charge in [-0.3, -0.25) is 14.9 Å². The highest BCUT2D eigenvalue weighted by atomic mass is 35.5. The molecule has 2 aromatic rings. The van der Waals surface area contributed by atoms with Gasteiger partial charge >= 0.3 is 12.0 Å². The minimum Gasteiger partial charge on any atom is -0.466 e. The zero-order valence-corrected chi connectivity index (χ0v) is 11.6. The topological polar surface area (TPSA) is 81.4 Å². The molecule has 0 fully saturated rings. The maximum absolute atomic E-state index is 11.6. The Bertz CT molecular complexity index is 638. The third-order valence-corrected chi connectivity index (χ3v) is 2.69. The van der Waals surface area contributed by atoms with Crippen LogP contribution in [0.5, 0.6) is 0 Å². The molecule has 0 bridgehead atoms. The van der Waals surface area contributed by atoms with E-state index in [-0.39, 0.29) is 24.8 Å². The lowest BCUT2D eigenvalue weighted by atomic mass is 10.3. The highest BCUT2D eigenvalue weighted by molar-refractivity contribution is 6.31. The molecule has 6 nitrogen and oxygen atoms in total. The Balaban J connectivity index is 1.94. The van der Waals surface area contributed by atoms with Gasteiger partial charge < -0.3 is 9.15 Å². The SMILES string of the molecule is CCOC(=O)CCC(=O)Nc1nc2cc(Cl)ccc2o1. The van der Waals surface area contributed by atoms with Crippen LogP contribution in [0.25, 0.3) is 11.1 Å². The van der Waals surface area contributed by atoms with Crippen molar-refractivity contribution in [2.45, 2.75) is 19.8 Å². The summed E-state index contributed by atoms with van der Waals surface area (Å²) in [6, 6.07) is 5.05. The van der Waals surface area contributed by atoms with Gasteiger partial charge in [0.15, 0.2) is 5.58 Å². The van der Waals surface area contributed by atoms with E-state index in [1.54, 1.807) is 25.1 Å². The molecular weight excluding hydrogens is 284 g/mol. The molecule has 0 aliphatic carbocycles. The largest absolute Gasteiger partial charge is 0.466 e. The van der Waals surface area contributed by atoms with Crippen LogP contribution < -0.4 is 5.32 Å². The number of carbonyl (C=O) groups is 2. The number of hydrogen-bond acceptors (Lipinski definition) is 5. The molecule has 7 heteroatoms. The Morgan fingerprint density at radius 3 is 2.95 bits per heavy atom. The summed E-state index contributed by atoms with van der Waals surface area (Å²) in [5.74, 6) is -0.775. The number of benzene rings is 1. The van der Waals surface area contributed by atoms with Crippen LogP contribution in [0.4, 0.5) is 6.01 Å². The Morgan fingerprint density at radius 1 is 1.40 bits per heavy atom. The first kappa shape index (κ1) is 14.3. The van der Waals surface area contributed by atoms with Crippen molar-refractivity contribution in [3.8, 4) is 0 Å². The molecule has 1 heterocycles. The molecule has 0 unspecified atom stereocenters. The molecule has 0 saturated carbocycles. The van der Waals surface area contributed by atoms with Crippen molar-refractivity contribution in [1.82, 2.24) is 4.98 Å². The first-order valence-corrected chi connectivity index (χ1v) is 6.48. The lowest BCUT2D eigenvalue weighted by Crippen LogP contribution is -2.14. The minimum atomic E-state index is -0.410. The predicted molar refractivity (Wildman–Crippen MR) is 73.5 cm³/mol. The lowest BCUT2D eigenvalue weighted by Gasteiger charge is -2.01. The van der Waals surface area contributed by atoms with Crippen molar-refractivity contribution < 1.29 is 18.7 Å². The molecule has 0 aliphatic rings. The zero-order valence-electron chi connectivity index (χ0n) is 10.8. The van der Waals surface area contributed by atoms with Gasteiger partial charge in [-0.2, -0.15) is 4.98 Å². The number of nitrogens with one attached hydrogen (secondary N) is 1. The number of rotatable bonds is 5. The van der Waals surface area contributed by atoms with E-state index in [2.05, 4.69) is 10.3 Å². The highest BCUT2D eigenvalue weighted by Gasteiger charge is 2.11. The number of oxazole rings is 1. The molecule has 0 spiro atoms. The van der Waals surface area contributed by atoms with Gasteiger partial charge in [0.25, 0.3) is 0 Å². The summed E-state index contributed by atoms with van der Waals surface area (Å²) in [5, 5.41) is 3.01. The summed E-state index contributed by atoms with van der Waals surface area (Å²) in [4.78, 5) is 26.8. The Hall–Kier alpha value is -2.08. The van der Waals surface area contributed by atoms with Gasteiger partial charge in [0, 0.05) is 11.4 Å². The van der Waals surface area contributed by atoms with Gasteiger partial charge in [-0.1, -0.05) is 11.6 Å². The van der Waals surface area contributed by atoms with E-state index in [1.165, 1.54) is 0 Å². The van der Waals surface area contributed by atoms with Crippen LogP contribution in [0.3, 0.4) is 0 Å². The average molecular weight is 297 g/mol. The van der Waals surface area contributed by atoms with Crippen molar-refractivity contribution in [2.24, 2.45) is 0 Å². The van der Waals surface area contributed by atoms with Gasteiger partial charge in [-0.25, -0.2) is 0 Å². The Kier molecular flexibility index (Phi) is 4.57. The molecular formula is C13H13ClN2O4. The second-order valence-electron chi connectivity index (χ2n) is 3.98. The molecule has 0 aliphatic heterocycles. The van der Waals surface area contributed by atoms with Crippen LogP contribution in [0, 0.1) is 0 Å². The predicted octanol–water partition coefficient (Wildman–Crippen LogP) is 2.76. The molecule has 1 amide bonds. The van der Waals surface area contributed by atoms with Crippen molar-refractivity contribution in [1.29, 1.82) is 0 Å². The molecule has 106 valence electrons. The van der Waals surface area contributed by atoms with Gasteiger partial charge in [-0.15, -0.1) is 0 Å². The summed E-state index contributed by atoms with van der Waals surface area (Å²) in [6.07, 6.45) is 0.0318. The maximum Gasteiger partial charge on any atom is 0.306 e. The number of anilines is 1. The standard InChI is InChI=1S/C13H13ClN2O4/c1-2-19-12(18)6-5-11(17)16-13-15-9-7-8(14)3-4-10(9)20-13/h3-4,7H,2,5-6H2,1H3,(H,15,16,17). The van der Waals surface area contributed by atoms with Crippen LogP contribution in [0.2, 0.25) is 5.02 Å². The van der Waals surface area contributed by atoms with Crippen molar-refractivity contribution in [3.05, 3.63) is 23.2 Å². The summed E-state index contributed by atoms with van der Waals surface area (Å²) in [6.45, 7) is 2.01. The quantitative estimate of drug-likeness (QED) is 0.858. The van der Waals surface area contributed by atoms with E-state index in [1.807, 2.05) is 0 Å². The average Bonchev–Trinajstić information content (AvgIpc) is 2.78. The van der Waals surface area contributed by atoms with Crippen LogP contribution >= 0.6 is 11.6 Å². The molecule has 0 atom stereocenters. The van der Waals surface area contributed by atoms with Crippen molar-refractivity contribution >= 4 is 40.6 Å². The zero-order chi connectivity index (χ0) is 14.5. The monoisotopic (exact) mass is 296 g/mol. The highest BCUT2D eigenvalue weighted by Crippen LogP contribution is 2.22. The Morgan fingerprint density at radius 2 is 2.20 bits per heavy atom. The molecule has 1 aromatic carbocycles. The molecule has 0 saturated heterocycles. The third-order valence-electron chi connectivity index (χ3n) is 2.46. The van der Waals surface area contributed by atoms with Crippen LogP contribution in [0.1, 0.15) is 19.8 Å². The van der Waals surface area contributed by atoms with Crippen molar-refractivity contribution in [2.75, 3.05) is 11.9 Å². The van der Waals surface area contributed by atoms with Crippen LogP contribution in [-0.2, 0) is 14.3 Å². The summed E-state index contributed by atoms with van der Waals surface area (Å²) in [7, 11) is 0. The number of esters is 1. The fraction of sp³-hybridized carbons (Fsp3) is 0.308. The summed E-state index contributed by atoms with van der Waals surface area (Å²) >= 11 is 5.83. The fourth-order valence-electron chi connectivity index (χ4n) is 1.58. The number of nitrogens with zero attached hydrogens (tertiary/aromatic N) is 1. The summed E-state index contributed by atoms with van der Waals surface area (Å²) < 4.78 is 10.1.